The molecule has 0 spiro atoms. The van der Waals surface area contributed by atoms with Crippen molar-refractivity contribution in [1.29, 1.82) is 0 Å². The van der Waals surface area contributed by atoms with E-state index in [1.165, 1.54) is 11.1 Å². The highest BCUT2D eigenvalue weighted by Gasteiger charge is 2.11. The Morgan fingerprint density at radius 1 is 1.21 bits per heavy atom. The lowest BCUT2D eigenvalue weighted by Crippen LogP contribution is -1.97. The van der Waals surface area contributed by atoms with Gasteiger partial charge in [0, 0.05) is 4.90 Å². The molecule has 0 unspecified atom stereocenters. The van der Waals surface area contributed by atoms with Crippen LogP contribution >= 0.6 is 11.8 Å². The highest BCUT2D eigenvalue weighted by molar-refractivity contribution is 7.99. The summed E-state index contributed by atoms with van der Waals surface area (Å²) in [5.74, 6) is 0.243. The molecule has 3 rings (SSSR count). The number of H-pyrrole nitrogens is 1. The Morgan fingerprint density at radius 2 is 2.05 bits per heavy atom. The minimum absolute atomic E-state index is 0.243. The first-order valence-corrected chi connectivity index (χ1v) is 6.67. The van der Waals surface area contributed by atoms with Crippen LogP contribution in [0.3, 0.4) is 0 Å². The predicted octanol–water partition coefficient (Wildman–Crippen LogP) is 2.70. The van der Waals surface area contributed by atoms with Crippen molar-refractivity contribution in [2.24, 2.45) is 0 Å². The van der Waals surface area contributed by atoms with Gasteiger partial charge in [-0.2, -0.15) is 4.98 Å². The van der Waals surface area contributed by atoms with E-state index in [0.29, 0.717) is 5.65 Å². The van der Waals surface area contributed by atoms with Crippen LogP contribution in [0.25, 0.3) is 11.2 Å². The van der Waals surface area contributed by atoms with Crippen LogP contribution in [0.5, 0.6) is 0 Å². The average Bonchev–Trinajstić information content (AvgIpc) is 2.82. The number of nitrogens with two attached hydrogens (primary N) is 1. The van der Waals surface area contributed by atoms with Gasteiger partial charge in [-0.25, -0.2) is 9.97 Å². The van der Waals surface area contributed by atoms with Crippen molar-refractivity contribution in [3.8, 4) is 0 Å². The number of aryl methyl sites for hydroxylation is 2. The zero-order valence-corrected chi connectivity index (χ0v) is 11.5. The molecule has 96 valence electrons. The van der Waals surface area contributed by atoms with Gasteiger partial charge in [-0.3, -0.25) is 0 Å². The maximum absolute atomic E-state index is 5.72. The fraction of sp³-hybridized carbons (Fsp3) is 0.154. The van der Waals surface area contributed by atoms with E-state index >= 15 is 0 Å². The lowest BCUT2D eigenvalue weighted by molar-refractivity contribution is 1.10. The molecule has 6 heteroatoms. The third-order valence-corrected chi connectivity index (χ3v) is 3.97. The number of aromatic amines is 1. The molecule has 0 radical (unpaired) electrons. The quantitative estimate of drug-likeness (QED) is 0.700. The van der Waals surface area contributed by atoms with Gasteiger partial charge in [0.1, 0.15) is 10.5 Å². The van der Waals surface area contributed by atoms with E-state index in [1.807, 2.05) is 0 Å². The van der Waals surface area contributed by atoms with Crippen LogP contribution in [-0.2, 0) is 0 Å². The molecule has 1 aromatic carbocycles. The molecule has 2 heterocycles. The summed E-state index contributed by atoms with van der Waals surface area (Å²) in [5, 5.41) is 0.800. The van der Waals surface area contributed by atoms with Crippen molar-refractivity contribution in [3.05, 3.63) is 35.7 Å². The maximum atomic E-state index is 5.72. The van der Waals surface area contributed by atoms with Gasteiger partial charge in [0.15, 0.2) is 5.65 Å². The molecule has 0 fully saturated rings. The number of nitrogens with zero attached hydrogens (tertiary/aromatic N) is 3. The largest absolute Gasteiger partial charge is 0.368 e. The summed E-state index contributed by atoms with van der Waals surface area (Å²) in [7, 11) is 0. The van der Waals surface area contributed by atoms with Crippen LogP contribution in [-0.4, -0.2) is 19.9 Å². The molecule has 0 aliphatic carbocycles. The maximum Gasteiger partial charge on any atom is 0.223 e. The van der Waals surface area contributed by atoms with Crippen molar-refractivity contribution in [2.45, 2.75) is 23.8 Å². The molecule has 0 saturated carbocycles. The smallest absolute Gasteiger partial charge is 0.223 e. The molecule has 0 aliphatic heterocycles. The monoisotopic (exact) mass is 271 g/mol. The summed E-state index contributed by atoms with van der Waals surface area (Å²) >= 11 is 1.57. The number of nitrogens with one attached hydrogen (secondary N) is 1. The van der Waals surface area contributed by atoms with E-state index in [4.69, 9.17) is 5.73 Å². The van der Waals surface area contributed by atoms with Gasteiger partial charge in [-0.15, -0.1) is 0 Å². The number of benzene rings is 1. The molecule has 3 N–H and O–H groups in total. The van der Waals surface area contributed by atoms with E-state index in [1.54, 1.807) is 18.1 Å². The minimum atomic E-state index is 0.243. The number of fused-ring (bicyclic) bond motifs is 1. The van der Waals surface area contributed by atoms with Crippen molar-refractivity contribution >= 4 is 28.9 Å². The normalized spacial score (nSPS) is 11.1. The third-order valence-electron chi connectivity index (χ3n) is 2.82. The molecule has 3 aromatic rings. The lowest BCUT2D eigenvalue weighted by atomic mass is 10.2. The van der Waals surface area contributed by atoms with Crippen LogP contribution in [0, 0.1) is 13.8 Å². The number of anilines is 1. The zero-order valence-electron chi connectivity index (χ0n) is 10.6. The van der Waals surface area contributed by atoms with Gasteiger partial charge < -0.3 is 10.7 Å². The second kappa shape index (κ2) is 4.55. The predicted molar refractivity (Wildman–Crippen MR) is 76.1 cm³/mol. The summed E-state index contributed by atoms with van der Waals surface area (Å²) in [6.45, 7) is 4.15. The molecule has 0 bridgehead atoms. The van der Waals surface area contributed by atoms with E-state index < -0.39 is 0 Å². The van der Waals surface area contributed by atoms with Crippen LogP contribution in [0.1, 0.15) is 11.1 Å². The fourth-order valence-corrected chi connectivity index (χ4v) is 2.89. The first-order valence-electron chi connectivity index (χ1n) is 5.85. The molecule has 0 aliphatic rings. The number of aromatic nitrogens is 4. The first-order chi connectivity index (χ1) is 9.13. The third kappa shape index (κ3) is 2.26. The van der Waals surface area contributed by atoms with E-state index in [2.05, 4.69) is 52.0 Å². The second-order valence-electron chi connectivity index (χ2n) is 4.36. The number of nitrogen functional groups attached to an aromatic ring is 1. The van der Waals surface area contributed by atoms with Gasteiger partial charge >= 0.3 is 0 Å². The Balaban J connectivity index is 2.10. The number of rotatable bonds is 2. The summed E-state index contributed by atoms with van der Waals surface area (Å²) in [4.78, 5) is 16.7. The highest BCUT2D eigenvalue weighted by atomic mass is 32.2. The number of hydrogen-bond acceptors (Lipinski definition) is 5. The highest BCUT2D eigenvalue weighted by Crippen LogP contribution is 2.33. The Labute approximate surface area is 114 Å². The van der Waals surface area contributed by atoms with Gasteiger partial charge in [-0.05, 0) is 31.0 Å². The average molecular weight is 271 g/mol. The lowest BCUT2D eigenvalue weighted by Gasteiger charge is -2.07. The van der Waals surface area contributed by atoms with Gasteiger partial charge in [0.2, 0.25) is 5.95 Å². The van der Waals surface area contributed by atoms with E-state index in [-0.39, 0.29) is 5.95 Å². The Bertz CT molecular complexity index is 750. The summed E-state index contributed by atoms with van der Waals surface area (Å²) in [5.41, 5.74) is 9.56. The van der Waals surface area contributed by atoms with Crippen molar-refractivity contribution in [2.75, 3.05) is 5.73 Å². The molecule has 0 amide bonds. The number of imidazole rings is 1. The van der Waals surface area contributed by atoms with Crippen molar-refractivity contribution in [1.82, 2.24) is 19.9 Å². The second-order valence-corrected chi connectivity index (χ2v) is 5.39. The molecular formula is C13H13N5S. The summed E-state index contributed by atoms with van der Waals surface area (Å²) in [6, 6.07) is 6.34. The topological polar surface area (TPSA) is 80.5 Å². The van der Waals surface area contributed by atoms with Crippen molar-refractivity contribution < 1.29 is 0 Å². The fourth-order valence-electron chi connectivity index (χ4n) is 1.82. The van der Waals surface area contributed by atoms with E-state index in [9.17, 15) is 0 Å². The van der Waals surface area contributed by atoms with E-state index in [0.717, 1.165) is 15.4 Å². The van der Waals surface area contributed by atoms with Crippen LogP contribution < -0.4 is 5.73 Å². The SMILES string of the molecule is Cc1ccc(C)c(Sc2nc(N)nc3nc[nH]c23)c1. The van der Waals surface area contributed by atoms with Gasteiger partial charge in [0.25, 0.3) is 0 Å². The Kier molecular flexibility index (Phi) is 2.87. The van der Waals surface area contributed by atoms with Crippen LogP contribution in [0.4, 0.5) is 5.95 Å². The van der Waals surface area contributed by atoms with Crippen molar-refractivity contribution in [3.63, 3.8) is 0 Å². The standard InChI is InChI=1S/C13H13N5S/c1-7-3-4-8(2)9(5-7)19-12-10-11(16-6-15-10)17-13(14)18-12/h3-6H,1-2H3,(H3,14,15,16,17,18). The molecule has 2 aromatic heterocycles. The zero-order chi connectivity index (χ0) is 13.4. The molecule has 5 nitrogen and oxygen atoms in total. The van der Waals surface area contributed by atoms with Gasteiger partial charge in [0.05, 0.1) is 6.33 Å². The molecule has 19 heavy (non-hydrogen) atoms. The molecule has 0 atom stereocenters. The first kappa shape index (κ1) is 12.0. The van der Waals surface area contributed by atoms with Crippen LogP contribution in [0.2, 0.25) is 0 Å². The Hall–Kier alpha value is -2.08. The molecule has 0 saturated heterocycles. The Morgan fingerprint density at radius 3 is 2.89 bits per heavy atom. The van der Waals surface area contributed by atoms with Crippen LogP contribution in [0.15, 0.2) is 34.4 Å². The van der Waals surface area contributed by atoms with Gasteiger partial charge in [-0.1, -0.05) is 23.9 Å². The molecular weight excluding hydrogens is 258 g/mol. The minimum Gasteiger partial charge on any atom is -0.368 e. The summed E-state index contributed by atoms with van der Waals surface area (Å²) < 4.78 is 0. The summed E-state index contributed by atoms with van der Waals surface area (Å²) in [6.07, 6.45) is 1.60. The number of hydrogen-bond donors (Lipinski definition) is 2.